The summed E-state index contributed by atoms with van der Waals surface area (Å²) in [6.07, 6.45) is -2.37. The van der Waals surface area contributed by atoms with E-state index in [0.717, 1.165) is 0 Å². The van der Waals surface area contributed by atoms with Crippen LogP contribution in [0.2, 0.25) is 0 Å². The summed E-state index contributed by atoms with van der Waals surface area (Å²) in [7, 11) is -3.19. The van der Waals surface area contributed by atoms with Crippen LogP contribution in [0.1, 0.15) is 12.8 Å². The van der Waals surface area contributed by atoms with Gasteiger partial charge in [-0.3, -0.25) is 0 Å². The molecule has 0 amide bonds. The Balaban J connectivity index is 1.94. The first-order valence-corrected chi connectivity index (χ1v) is 8.56. The molecule has 1 aliphatic rings. The molecular formula is C13H17F3N2O3S. The van der Waals surface area contributed by atoms with Crippen LogP contribution in [-0.4, -0.2) is 44.5 Å². The van der Waals surface area contributed by atoms with Crippen LogP contribution in [0.3, 0.4) is 0 Å². The first kappa shape index (κ1) is 16.9. The average Bonchev–Trinajstić information content (AvgIpc) is 2.36. The van der Waals surface area contributed by atoms with Crippen LogP contribution in [0.15, 0.2) is 24.3 Å². The average molecular weight is 338 g/mol. The lowest BCUT2D eigenvalue weighted by atomic mass is 10.1. The van der Waals surface area contributed by atoms with Gasteiger partial charge in [0, 0.05) is 30.9 Å². The summed E-state index contributed by atoms with van der Waals surface area (Å²) in [5, 5.41) is 3.11. The summed E-state index contributed by atoms with van der Waals surface area (Å²) < 4.78 is 64.6. The summed E-state index contributed by atoms with van der Waals surface area (Å²) >= 11 is 0. The summed E-state index contributed by atoms with van der Waals surface area (Å²) in [6.45, 7) is 0.796. The predicted octanol–water partition coefficient (Wildman–Crippen LogP) is 2.42. The van der Waals surface area contributed by atoms with Crippen molar-refractivity contribution in [1.82, 2.24) is 4.31 Å². The molecule has 0 radical (unpaired) electrons. The second-order valence-electron chi connectivity index (χ2n) is 5.16. The topological polar surface area (TPSA) is 58.6 Å². The minimum Gasteiger partial charge on any atom is -0.406 e. The van der Waals surface area contributed by atoms with Crippen molar-refractivity contribution in [2.24, 2.45) is 0 Å². The molecule has 124 valence electrons. The molecule has 0 spiro atoms. The molecule has 1 aromatic rings. The number of ether oxygens (including phenoxy) is 1. The van der Waals surface area contributed by atoms with E-state index >= 15 is 0 Å². The number of nitrogens with one attached hydrogen (secondary N) is 1. The molecule has 0 saturated carbocycles. The van der Waals surface area contributed by atoms with Crippen molar-refractivity contribution in [3.8, 4) is 5.75 Å². The van der Waals surface area contributed by atoms with E-state index in [0.29, 0.717) is 31.6 Å². The van der Waals surface area contributed by atoms with Gasteiger partial charge in [-0.1, -0.05) is 6.07 Å². The molecule has 0 bridgehead atoms. The first-order valence-electron chi connectivity index (χ1n) is 6.71. The maximum Gasteiger partial charge on any atom is 0.573 e. The number of hydrogen-bond donors (Lipinski definition) is 1. The van der Waals surface area contributed by atoms with E-state index in [2.05, 4.69) is 10.1 Å². The van der Waals surface area contributed by atoms with E-state index in [1.807, 2.05) is 0 Å². The van der Waals surface area contributed by atoms with Gasteiger partial charge in [-0.05, 0) is 25.0 Å². The van der Waals surface area contributed by atoms with E-state index in [1.54, 1.807) is 6.07 Å². The quantitative estimate of drug-likeness (QED) is 0.916. The van der Waals surface area contributed by atoms with Crippen molar-refractivity contribution < 1.29 is 26.3 Å². The normalized spacial score (nSPS) is 18.2. The molecule has 1 fully saturated rings. The van der Waals surface area contributed by atoms with Crippen molar-refractivity contribution in [1.29, 1.82) is 0 Å². The highest BCUT2D eigenvalue weighted by atomic mass is 32.2. The Morgan fingerprint density at radius 1 is 1.27 bits per heavy atom. The van der Waals surface area contributed by atoms with Gasteiger partial charge in [0.25, 0.3) is 0 Å². The van der Waals surface area contributed by atoms with Gasteiger partial charge in [-0.2, -0.15) is 0 Å². The highest BCUT2D eigenvalue weighted by Crippen LogP contribution is 2.26. The molecular weight excluding hydrogens is 321 g/mol. The molecule has 0 aromatic heterocycles. The fourth-order valence-corrected chi connectivity index (χ4v) is 3.22. The Bertz CT molecular complexity index is 611. The van der Waals surface area contributed by atoms with E-state index < -0.39 is 16.4 Å². The van der Waals surface area contributed by atoms with Crippen molar-refractivity contribution in [3.63, 3.8) is 0 Å². The number of halogens is 3. The van der Waals surface area contributed by atoms with Crippen LogP contribution in [0, 0.1) is 0 Å². The summed E-state index contributed by atoms with van der Waals surface area (Å²) in [6, 6.07) is 5.63. The SMILES string of the molecule is CS(=O)(=O)N1CCC(Nc2cccc(OC(F)(F)F)c2)CC1. The van der Waals surface area contributed by atoms with Gasteiger partial charge in [0.15, 0.2) is 0 Å². The Labute approximate surface area is 127 Å². The fraction of sp³-hybridized carbons (Fsp3) is 0.538. The maximum atomic E-state index is 12.2. The number of sulfonamides is 1. The zero-order valence-electron chi connectivity index (χ0n) is 11.9. The molecule has 0 aliphatic carbocycles. The van der Waals surface area contributed by atoms with Gasteiger partial charge < -0.3 is 10.1 Å². The molecule has 1 aromatic carbocycles. The number of benzene rings is 1. The van der Waals surface area contributed by atoms with Crippen LogP contribution in [0.5, 0.6) is 5.75 Å². The number of anilines is 1. The van der Waals surface area contributed by atoms with Crippen LogP contribution in [0.4, 0.5) is 18.9 Å². The number of rotatable bonds is 4. The number of nitrogens with zero attached hydrogens (tertiary/aromatic N) is 1. The molecule has 5 nitrogen and oxygen atoms in total. The summed E-state index contributed by atoms with van der Waals surface area (Å²) in [5.74, 6) is -0.286. The van der Waals surface area contributed by atoms with Crippen molar-refractivity contribution in [2.75, 3.05) is 24.7 Å². The van der Waals surface area contributed by atoms with Crippen LogP contribution < -0.4 is 10.1 Å². The van der Waals surface area contributed by atoms with E-state index in [-0.39, 0.29) is 11.8 Å². The lowest BCUT2D eigenvalue weighted by molar-refractivity contribution is -0.274. The Hall–Kier alpha value is -1.48. The summed E-state index contributed by atoms with van der Waals surface area (Å²) in [5.41, 5.74) is 0.513. The number of piperidine rings is 1. The van der Waals surface area contributed by atoms with Gasteiger partial charge in [0.2, 0.25) is 10.0 Å². The zero-order chi connectivity index (χ0) is 16.4. The molecule has 1 N–H and O–H groups in total. The van der Waals surface area contributed by atoms with E-state index in [4.69, 9.17) is 0 Å². The van der Waals surface area contributed by atoms with Crippen molar-refractivity contribution in [3.05, 3.63) is 24.3 Å². The zero-order valence-corrected chi connectivity index (χ0v) is 12.7. The van der Waals surface area contributed by atoms with E-state index in [1.165, 1.54) is 28.8 Å². The Morgan fingerprint density at radius 3 is 2.45 bits per heavy atom. The number of alkyl halides is 3. The largest absolute Gasteiger partial charge is 0.573 e. The fourth-order valence-electron chi connectivity index (χ4n) is 2.35. The van der Waals surface area contributed by atoms with Gasteiger partial charge in [-0.15, -0.1) is 13.2 Å². The van der Waals surface area contributed by atoms with Crippen LogP contribution in [0.25, 0.3) is 0 Å². The molecule has 9 heteroatoms. The minimum absolute atomic E-state index is 0.0131. The van der Waals surface area contributed by atoms with Gasteiger partial charge >= 0.3 is 6.36 Å². The highest BCUT2D eigenvalue weighted by Gasteiger charge is 2.31. The highest BCUT2D eigenvalue weighted by molar-refractivity contribution is 7.88. The Kier molecular flexibility index (Phi) is 4.86. The molecule has 1 saturated heterocycles. The van der Waals surface area contributed by atoms with E-state index in [9.17, 15) is 21.6 Å². The lowest BCUT2D eigenvalue weighted by Crippen LogP contribution is -2.41. The van der Waals surface area contributed by atoms with Gasteiger partial charge in [0.05, 0.1) is 6.26 Å². The number of hydrogen-bond acceptors (Lipinski definition) is 4. The predicted molar refractivity (Wildman–Crippen MR) is 76.2 cm³/mol. The molecule has 0 atom stereocenters. The Morgan fingerprint density at radius 2 is 1.91 bits per heavy atom. The second-order valence-corrected chi connectivity index (χ2v) is 7.14. The smallest absolute Gasteiger partial charge is 0.406 e. The molecule has 1 heterocycles. The molecule has 22 heavy (non-hydrogen) atoms. The lowest BCUT2D eigenvalue weighted by Gasteiger charge is -2.31. The van der Waals surface area contributed by atoms with Crippen LogP contribution >= 0.6 is 0 Å². The van der Waals surface area contributed by atoms with Crippen molar-refractivity contribution >= 4 is 15.7 Å². The van der Waals surface area contributed by atoms with Gasteiger partial charge in [-0.25, -0.2) is 12.7 Å². The molecule has 0 unspecified atom stereocenters. The molecule has 1 aliphatic heterocycles. The van der Waals surface area contributed by atoms with Crippen LogP contribution in [-0.2, 0) is 10.0 Å². The first-order chi connectivity index (χ1) is 10.1. The minimum atomic E-state index is -4.72. The second kappa shape index (κ2) is 6.33. The van der Waals surface area contributed by atoms with Crippen molar-refractivity contribution in [2.45, 2.75) is 25.2 Å². The third-order valence-electron chi connectivity index (χ3n) is 3.36. The third-order valence-corrected chi connectivity index (χ3v) is 4.66. The standard InChI is InChI=1S/C13H17F3N2O3S/c1-22(19,20)18-7-5-10(6-8-18)17-11-3-2-4-12(9-11)21-13(14,15)16/h2-4,9-10,17H,5-8H2,1H3. The third kappa shape index (κ3) is 5.06. The van der Waals surface area contributed by atoms with Gasteiger partial charge in [0.1, 0.15) is 5.75 Å². The monoisotopic (exact) mass is 338 g/mol. The maximum absolute atomic E-state index is 12.2. The molecule has 2 rings (SSSR count). The summed E-state index contributed by atoms with van der Waals surface area (Å²) in [4.78, 5) is 0.